The second-order valence-electron chi connectivity index (χ2n) is 6.60. The van der Waals surface area contributed by atoms with E-state index in [1.165, 1.54) is 19.1 Å². The third kappa shape index (κ3) is 6.42. The Hall–Kier alpha value is -2.67. The lowest BCUT2D eigenvalue weighted by molar-refractivity contribution is -0.122. The van der Waals surface area contributed by atoms with Crippen molar-refractivity contribution >= 4 is 29.3 Å². The molecule has 2 aromatic rings. The molecule has 0 aromatic heterocycles. The molecule has 0 saturated carbocycles. The number of thioether (sulfide) groups is 1. The quantitative estimate of drug-likeness (QED) is 0.597. The number of nitrogens with one attached hydrogen (secondary N) is 2. The number of likely N-dealkylation sites (N-methyl/N-ethyl adjacent to an activating group) is 1. The summed E-state index contributed by atoms with van der Waals surface area (Å²) in [5.74, 6) is 0.291. The number of ether oxygens (including phenoxy) is 2. The molecule has 0 aliphatic heterocycles. The van der Waals surface area contributed by atoms with Gasteiger partial charge in [0.1, 0.15) is 0 Å². The first-order chi connectivity index (χ1) is 13.9. The zero-order valence-corrected chi connectivity index (χ0v) is 18.3. The molecular weight excluding hydrogens is 388 g/mol. The zero-order chi connectivity index (χ0) is 21.4. The van der Waals surface area contributed by atoms with Crippen molar-refractivity contribution in [3.63, 3.8) is 0 Å². The Kier molecular flexibility index (Phi) is 8.39. The van der Waals surface area contributed by atoms with E-state index in [9.17, 15) is 9.59 Å². The summed E-state index contributed by atoms with van der Waals surface area (Å²) in [7, 11) is 3.02. The van der Waals surface area contributed by atoms with Gasteiger partial charge in [0.05, 0.1) is 7.11 Å². The zero-order valence-electron chi connectivity index (χ0n) is 17.5. The van der Waals surface area contributed by atoms with Gasteiger partial charge in [-0.1, -0.05) is 13.8 Å². The Morgan fingerprint density at radius 2 is 1.90 bits per heavy atom. The molecule has 0 radical (unpaired) electrons. The van der Waals surface area contributed by atoms with Crippen LogP contribution in [0.5, 0.6) is 11.5 Å². The fourth-order valence-electron chi connectivity index (χ4n) is 2.50. The highest BCUT2D eigenvalue weighted by molar-refractivity contribution is 7.99. The standard InChI is InChI=1S/C22H28N2O4S/c1-6-15(3)29-17-8-9-18(14(2)11-17)24-22(26)16-7-10-19(20(12-16)27-5)28-13-21(25)23-4/h7-12,15H,6,13H2,1-5H3,(H,23,25)(H,24,26). The van der Waals surface area contributed by atoms with Gasteiger partial charge in [-0.05, 0) is 55.3 Å². The Bertz CT molecular complexity index is 870. The van der Waals surface area contributed by atoms with Crippen molar-refractivity contribution in [2.45, 2.75) is 37.3 Å². The number of anilines is 1. The van der Waals surface area contributed by atoms with E-state index in [2.05, 4.69) is 30.5 Å². The molecule has 0 fully saturated rings. The summed E-state index contributed by atoms with van der Waals surface area (Å²) < 4.78 is 10.7. The number of carbonyl (C=O) groups excluding carboxylic acids is 2. The number of hydrogen-bond donors (Lipinski definition) is 2. The summed E-state index contributed by atoms with van der Waals surface area (Å²) in [6.45, 7) is 6.22. The molecular formula is C22H28N2O4S. The molecule has 2 N–H and O–H groups in total. The van der Waals surface area contributed by atoms with Crippen LogP contribution in [-0.2, 0) is 4.79 Å². The maximum absolute atomic E-state index is 12.7. The van der Waals surface area contributed by atoms with Crippen LogP contribution in [0.2, 0.25) is 0 Å². The van der Waals surface area contributed by atoms with Crippen LogP contribution in [0.3, 0.4) is 0 Å². The lowest BCUT2D eigenvalue weighted by Gasteiger charge is -2.14. The number of aryl methyl sites for hydroxylation is 1. The first-order valence-corrected chi connectivity index (χ1v) is 10.4. The largest absolute Gasteiger partial charge is 0.493 e. The van der Waals surface area contributed by atoms with Gasteiger partial charge in [0.2, 0.25) is 0 Å². The van der Waals surface area contributed by atoms with Crippen LogP contribution in [0.25, 0.3) is 0 Å². The Morgan fingerprint density at radius 1 is 1.14 bits per heavy atom. The van der Waals surface area contributed by atoms with Crippen molar-refractivity contribution in [3.8, 4) is 11.5 Å². The van der Waals surface area contributed by atoms with E-state index >= 15 is 0 Å². The van der Waals surface area contributed by atoms with Gasteiger partial charge in [0, 0.05) is 28.4 Å². The molecule has 2 rings (SSSR count). The van der Waals surface area contributed by atoms with Crippen LogP contribution in [0, 0.1) is 6.92 Å². The van der Waals surface area contributed by atoms with Gasteiger partial charge in [0.15, 0.2) is 18.1 Å². The van der Waals surface area contributed by atoms with E-state index in [1.807, 2.05) is 30.8 Å². The average Bonchev–Trinajstić information content (AvgIpc) is 2.73. The molecule has 0 aliphatic rings. The van der Waals surface area contributed by atoms with Gasteiger partial charge in [-0.25, -0.2) is 0 Å². The molecule has 2 aromatic carbocycles. The minimum absolute atomic E-state index is 0.126. The second kappa shape index (κ2) is 10.8. The first-order valence-electron chi connectivity index (χ1n) is 9.48. The summed E-state index contributed by atoms with van der Waals surface area (Å²) in [6, 6.07) is 10.9. The van der Waals surface area contributed by atoms with E-state index in [0.29, 0.717) is 22.3 Å². The smallest absolute Gasteiger partial charge is 0.257 e. The normalized spacial score (nSPS) is 11.5. The van der Waals surface area contributed by atoms with Crippen LogP contribution in [0.15, 0.2) is 41.3 Å². The van der Waals surface area contributed by atoms with E-state index in [4.69, 9.17) is 9.47 Å². The Balaban J connectivity index is 2.11. The van der Waals surface area contributed by atoms with Crippen LogP contribution in [0.4, 0.5) is 5.69 Å². The molecule has 1 unspecified atom stereocenters. The van der Waals surface area contributed by atoms with Gasteiger partial charge in [-0.15, -0.1) is 11.8 Å². The van der Waals surface area contributed by atoms with Crippen LogP contribution >= 0.6 is 11.8 Å². The Labute approximate surface area is 176 Å². The van der Waals surface area contributed by atoms with Crippen molar-refractivity contribution in [3.05, 3.63) is 47.5 Å². The molecule has 6 nitrogen and oxygen atoms in total. The summed E-state index contributed by atoms with van der Waals surface area (Å²) in [5, 5.41) is 5.97. The first kappa shape index (κ1) is 22.6. The van der Waals surface area contributed by atoms with Crippen molar-refractivity contribution < 1.29 is 19.1 Å². The number of methoxy groups -OCH3 is 1. The van der Waals surface area contributed by atoms with Crippen molar-refractivity contribution in [1.82, 2.24) is 5.32 Å². The third-order valence-electron chi connectivity index (χ3n) is 4.42. The topological polar surface area (TPSA) is 76.7 Å². The third-order valence-corrected chi connectivity index (χ3v) is 5.68. The van der Waals surface area contributed by atoms with Gasteiger partial charge >= 0.3 is 0 Å². The predicted octanol–water partition coefficient (Wildman–Crippen LogP) is 4.27. The average molecular weight is 417 g/mol. The predicted molar refractivity (Wildman–Crippen MR) is 117 cm³/mol. The maximum Gasteiger partial charge on any atom is 0.257 e. The van der Waals surface area contributed by atoms with Crippen molar-refractivity contribution in [2.24, 2.45) is 0 Å². The Morgan fingerprint density at radius 3 is 2.52 bits per heavy atom. The van der Waals surface area contributed by atoms with Crippen molar-refractivity contribution in [1.29, 1.82) is 0 Å². The molecule has 0 saturated heterocycles. The van der Waals surface area contributed by atoms with Gasteiger partial charge in [-0.2, -0.15) is 0 Å². The number of amides is 2. The molecule has 0 heterocycles. The van der Waals surface area contributed by atoms with Gasteiger partial charge < -0.3 is 20.1 Å². The minimum atomic E-state index is -0.251. The molecule has 0 spiro atoms. The van der Waals surface area contributed by atoms with E-state index < -0.39 is 0 Å². The lowest BCUT2D eigenvalue weighted by Crippen LogP contribution is -2.25. The van der Waals surface area contributed by atoms with E-state index in [-0.39, 0.29) is 18.4 Å². The van der Waals surface area contributed by atoms with E-state index in [0.717, 1.165) is 17.7 Å². The molecule has 7 heteroatoms. The van der Waals surface area contributed by atoms with Crippen LogP contribution in [0.1, 0.15) is 36.2 Å². The fraction of sp³-hybridized carbons (Fsp3) is 0.364. The number of carbonyl (C=O) groups is 2. The summed E-state index contributed by atoms with van der Waals surface area (Å²) in [4.78, 5) is 25.2. The lowest BCUT2D eigenvalue weighted by atomic mass is 10.1. The summed E-state index contributed by atoms with van der Waals surface area (Å²) in [6.07, 6.45) is 1.10. The number of rotatable bonds is 9. The van der Waals surface area contributed by atoms with Crippen molar-refractivity contribution in [2.75, 3.05) is 26.1 Å². The van der Waals surface area contributed by atoms with Gasteiger partial charge in [0.25, 0.3) is 11.8 Å². The molecule has 1 atom stereocenters. The van der Waals surface area contributed by atoms with E-state index in [1.54, 1.807) is 18.2 Å². The number of benzene rings is 2. The molecule has 0 bridgehead atoms. The SMILES string of the molecule is CCC(C)Sc1ccc(NC(=O)c2ccc(OCC(=O)NC)c(OC)c2)c(C)c1. The van der Waals surface area contributed by atoms with Crippen LogP contribution < -0.4 is 20.1 Å². The van der Waals surface area contributed by atoms with Gasteiger partial charge in [-0.3, -0.25) is 9.59 Å². The summed E-state index contributed by atoms with van der Waals surface area (Å²) in [5.41, 5.74) is 2.21. The second-order valence-corrected chi connectivity index (χ2v) is 8.11. The molecule has 2 amide bonds. The van der Waals surface area contributed by atoms with Crippen LogP contribution in [-0.4, -0.2) is 37.8 Å². The minimum Gasteiger partial charge on any atom is -0.493 e. The summed E-state index contributed by atoms with van der Waals surface area (Å²) >= 11 is 1.82. The molecule has 29 heavy (non-hydrogen) atoms. The monoisotopic (exact) mass is 416 g/mol. The highest BCUT2D eigenvalue weighted by Crippen LogP contribution is 2.30. The number of hydrogen-bond acceptors (Lipinski definition) is 5. The highest BCUT2D eigenvalue weighted by Gasteiger charge is 2.14. The maximum atomic E-state index is 12.7. The molecule has 0 aliphatic carbocycles. The highest BCUT2D eigenvalue weighted by atomic mass is 32.2. The fourth-order valence-corrected chi connectivity index (χ4v) is 3.53. The molecule has 156 valence electrons.